The van der Waals surface area contributed by atoms with Gasteiger partial charge in [-0.15, -0.1) is 0 Å². The van der Waals surface area contributed by atoms with Crippen molar-refractivity contribution in [3.8, 4) is 5.75 Å². The summed E-state index contributed by atoms with van der Waals surface area (Å²) in [4.78, 5) is 24.4. The minimum Gasteiger partial charge on any atom is -0.508 e. The zero-order chi connectivity index (χ0) is 16.6. The van der Waals surface area contributed by atoms with Gasteiger partial charge in [0.2, 0.25) is 0 Å². The van der Waals surface area contributed by atoms with Crippen molar-refractivity contribution in [1.82, 2.24) is 5.43 Å². The molecule has 23 heavy (non-hydrogen) atoms. The van der Waals surface area contributed by atoms with Gasteiger partial charge < -0.3 is 5.11 Å². The van der Waals surface area contributed by atoms with E-state index < -0.39 is 17.6 Å². The Balaban J connectivity index is 1.97. The van der Waals surface area contributed by atoms with Gasteiger partial charge in [0.05, 0.1) is 5.69 Å². The molecule has 5 nitrogen and oxygen atoms in total. The molecule has 0 spiro atoms. The maximum atomic E-state index is 13.0. The summed E-state index contributed by atoms with van der Waals surface area (Å²) in [7, 11) is 0. The summed E-state index contributed by atoms with van der Waals surface area (Å²) in [5, 5.41) is 10.6. The molecule has 0 aromatic heterocycles. The fraction of sp³-hybridized carbons (Fsp3) is 0. The molecule has 0 radical (unpaired) electrons. The molecule has 0 bridgehead atoms. The first-order valence-corrected chi connectivity index (χ1v) is 7.36. The van der Waals surface area contributed by atoms with E-state index in [1.807, 2.05) is 0 Å². The highest BCUT2D eigenvalue weighted by Gasteiger charge is 2.34. The first-order chi connectivity index (χ1) is 11.0. The van der Waals surface area contributed by atoms with Crippen molar-refractivity contribution in [2.45, 2.75) is 0 Å². The first-order valence-electron chi connectivity index (χ1n) is 6.57. The lowest BCUT2D eigenvalue weighted by Crippen LogP contribution is -2.35. The summed E-state index contributed by atoms with van der Waals surface area (Å²) in [6, 6.07) is 9.69. The molecule has 3 rings (SSSR count). The molecule has 0 aliphatic carbocycles. The largest absolute Gasteiger partial charge is 0.508 e. The lowest BCUT2D eigenvalue weighted by Gasteiger charge is -2.14. The minimum absolute atomic E-state index is 0.0151. The molecule has 1 aliphatic heterocycles. The van der Waals surface area contributed by atoms with Crippen LogP contribution in [0.1, 0.15) is 5.56 Å². The van der Waals surface area contributed by atoms with E-state index in [0.717, 1.165) is 5.01 Å². The lowest BCUT2D eigenvalue weighted by molar-refractivity contribution is -0.117. The first kappa shape index (κ1) is 15.2. The van der Waals surface area contributed by atoms with Crippen LogP contribution in [-0.4, -0.2) is 16.9 Å². The van der Waals surface area contributed by atoms with Crippen LogP contribution in [0.2, 0.25) is 0 Å². The molecular formula is C16H10BrFN2O3. The Kier molecular flexibility index (Phi) is 3.87. The number of hydrogen-bond donors (Lipinski definition) is 2. The Morgan fingerprint density at radius 3 is 2.52 bits per heavy atom. The summed E-state index contributed by atoms with van der Waals surface area (Å²) in [6.07, 6.45) is 1.38. The van der Waals surface area contributed by atoms with Crippen LogP contribution < -0.4 is 10.4 Å². The summed E-state index contributed by atoms with van der Waals surface area (Å²) >= 11 is 3.29. The molecule has 0 atom stereocenters. The number of benzene rings is 2. The summed E-state index contributed by atoms with van der Waals surface area (Å²) < 4.78 is 13.6. The minimum atomic E-state index is -0.574. The number of anilines is 1. The van der Waals surface area contributed by atoms with E-state index in [2.05, 4.69) is 21.4 Å². The molecule has 1 fully saturated rings. The van der Waals surface area contributed by atoms with Crippen molar-refractivity contribution < 1.29 is 19.1 Å². The predicted molar refractivity (Wildman–Crippen MR) is 85.8 cm³/mol. The van der Waals surface area contributed by atoms with Gasteiger partial charge in [0.1, 0.15) is 17.1 Å². The van der Waals surface area contributed by atoms with Crippen LogP contribution in [-0.2, 0) is 9.59 Å². The van der Waals surface area contributed by atoms with E-state index >= 15 is 0 Å². The van der Waals surface area contributed by atoms with Crippen molar-refractivity contribution in [3.05, 3.63) is 63.9 Å². The van der Waals surface area contributed by atoms with Crippen LogP contribution in [0.4, 0.5) is 10.1 Å². The van der Waals surface area contributed by atoms with Crippen molar-refractivity contribution >= 4 is 39.5 Å². The molecule has 0 unspecified atom stereocenters. The standard InChI is InChI=1S/C16H10BrFN2O3/c17-14-6-5-12(21)7-9(14)8-13-15(22)19-20(16(13)23)11-3-1-10(18)2-4-11/h1-8,21H,(H,19,22)/b13-8-. The van der Waals surface area contributed by atoms with E-state index in [4.69, 9.17) is 0 Å². The van der Waals surface area contributed by atoms with Crippen LogP contribution in [0, 0.1) is 5.82 Å². The van der Waals surface area contributed by atoms with Gasteiger partial charge in [0.15, 0.2) is 0 Å². The number of hydrogen-bond acceptors (Lipinski definition) is 3. The highest BCUT2D eigenvalue weighted by Crippen LogP contribution is 2.27. The molecule has 7 heteroatoms. The van der Waals surface area contributed by atoms with Crippen LogP contribution in [0.25, 0.3) is 6.08 Å². The van der Waals surface area contributed by atoms with Gasteiger partial charge in [-0.05, 0) is 54.1 Å². The highest BCUT2D eigenvalue weighted by atomic mass is 79.9. The summed E-state index contributed by atoms with van der Waals surface area (Å²) in [5.74, 6) is -1.56. The number of rotatable bonds is 2. The number of halogens is 2. The maximum Gasteiger partial charge on any atom is 0.282 e. The van der Waals surface area contributed by atoms with Gasteiger partial charge in [-0.25, -0.2) is 9.40 Å². The Morgan fingerprint density at radius 2 is 1.83 bits per heavy atom. The van der Waals surface area contributed by atoms with E-state index in [0.29, 0.717) is 15.7 Å². The van der Waals surface area contributed by atoms with Crippen LogP contribution in [0.5, 0.6) is 5.75 Å². The summed E-state index contributed by atoms with van der Waals surface area (Å²) in [6.45, 7) is 0. The van der Waals surface area contributed by atoms with Gasteiger partial charge in [-0.1, -0.05) is 15.9 Å². The van der Waals surface area contributed by atoms with Gasteiger partial charge in [-0.2, -0.15) is 0 Å². The predicted octanol–water partition coefficient (Wildman–Crippen LogP) is 2.76. The number of aromatic hydroxyl groups is 1. The van der Waals surface area contributed by atoms with E-state index in [-0.39, 0.29) is 11.3 Å². The number of nitrogens with one attached hydrogen (secondary N) is 1. The molecule has 1 saturated heterocycles. The van der Waals surface area contributed by atoms with Gasteiger partial charge in [0.25, 0.3) is 11.8 Å². The third-order valence-electron chi connectivity index (χ3n) is 3.26. The number of carbonyl (C=O) groups is 2. The van der Waals surface area contributed by atoms with Gasteiger partial charge in [-0.3, -0.25) is 15.0 Å². The summed E-state index contributed by atoms with van der Waals surface area (Å²) in [5.41, 5.74) is 3.18. The second-order valence-electron chi connectivity index (χ2n) is 4.82. The molecule has 116 valence electrons. The second kappa shape index (κ2) is 5.85. The number of nitrogens with zero attached hydrogens (tertiary/aromatic N) is 1. The lowest BCUT2D eigenvalue weighted by atomic mass is 10.1. The number of phenolic OH excluding ortho intramolecular Hbond substituents is 1. The van der Waals surface area contributed by atoms with Crippen molar-refractivity contribution in [1.29, 1.82) is 0 Å². The number of hydrazine groups is 1. The molecule has 1 heterocycles. The van der Waals surface area contributed by atoms with Crippen molar-refractivity contribution in [2.24, 2.45) is 0 Å². The SMILES string of the molecule is O=C1NN(c2ccc(F)cc2)C(=O)/C1=C\c1cc(O)ccc1Br. The Labute approximate surface area is 139 Å². The monoisotopic (exact) mass is 376 g/mol. The topological polar surface area (TPSA) is 69.6 Å². The molecule has 2 N–H and O–H groups in total. The maximum absolute atomic E-state index is 13.0. The third-order valence-corrected chi connectivity index (χ3v) is 3.98. The third kappa shape index (κ3) is 2.95. The Hall–Kier alpha value is -2.67. The average molecular weight is 377 g/mol. The molecule has 0 saturated carbocycles. The Morgan fingerprint density at radius 1 is 1.13 bits per heavy atom. The van der Waals surface area contributed by atoms with E-state index in [1.165, 1.54) is 42.5 Å². The molecule has 2 aromatic rings. The van der Waals surface area contributed by atoms with Crippen molar-refractivity contribution in [2.75, 3.05) is 5.01 Å². The molecular weight excluding hydrogens is 367 g/mol. The van der Waals surface area contributed by atoms with Crippen LogP contribution in [0.3, 0.4) is 0 Å². The fourth-order valence-corrected chi connectivity index (χ4v) is 2.49. The molecule has 2 aromatic carbocycles. The molecule has 2 amide bonds. The van der Waals surface area contributed by atoms with E-state index in [9.17, 15) is 19.1 Å². The Bertz CT molecular complexity index is 834. The van der Waals surface area contributed by atoms with Gasteiger partial charge in [0, 0.05) is 4.47 Å². The number of amides is 2. The number of carbonyl (C=O) groups excluding carboxylic acids is 2. The average Bonchev–Trinajstić information content (AvgIpc) is 2.80. The fourth-order valence-electron chi connectivity index (χ4n) is 2.13. The normalized spacial score (nSPS) is 16.1. The zero-order valence-electron chi connectivity index (χ0n) is 11.6. The quantitative estimate of drug-likeness (QED) is 0.625. The van der Waals surface area contributed by atoms with E-state index in [1.54, 1.807) is 6.07 Å². The van der Waals surface area contributed by atoms with Crippen LogP contribution in [0.15, 0.2) is 52.5 Å². The van der Waals surface area contributed by atoms with Crippen molar-refractivity contribution in [3.63, 3.8) is 0 Å². The second-order valence-corrected chi connectivity index (χ2v) is 5.68. The van der Waals surface area contributed by atoms with Gasteiger partial charge >= 0.3 is 0 Å². The number of phenols is 1. The highest BCUT2D eigenvalue weighted by molar-refractivity contribution is 9.10. The zero-order valence-corrected chi connectivity index (χ0v) is 13.2. The smallest absolute Gasteiger partial charge is 0.282 e. The molecule has 1 aliphatic rings. The van der Waals surface area contributed by atoms with Crippen LogP contribution >= 0.6 is 15.9 Å².